The highest BCUT2D eigenvalue weighted by molar-refractivity contribution is 8.00. The number of aryl methyl sites for hydroxylation is 1. The van der Waals surface area contributed by atoms with E-state index in [1.807, 2.05) is 43.3 Å². The first-order valence-corrected chi connectivity index (χ1v) is 16.4. The first-order valence-electron chi connectivity index (χ1n) is 14.7. The molecule has 224 valence electrons. The number of fused-ring (bicyclic) bond motifs is 9. The molecule has 4 aromatic rings. The van der Waals surface area contributed by atoms with E-state index >= 15 is 0 Å². The summed E-state index contributed by atoms with van der Waals surface area (Å²) in [6.07, 6.45) is 0.789. The van der Waals surface area contributed by atoms with E-state index in [2.05, 4.69) is 11.1 Å². The Morgan fingerprint density at radius 1 is 0.955 bits per heavy atom. The summed E-state index contributed by atoms with van der Waals surface area (Å²) in [5.41, 5.74) is 3.63. The molecule has 1 aromatic heterocycles. The molecule has 2 aliphatic heterocycles. The van der Waals surface area contributed by atoms with Crippen LogP contribution in [0, 0.1) is 42.3 Å². The number of amides is 2. The molecule has 3 heterocycles. The van der Waals surface area contributed by atoms with E-state index in [4.69, 9.17) is 9.47 Å². The van der Waals surface area contributed by atoms with Gasteiger partial charge >= 0.3 is 4.87 Å². The average Bonchev–Trinajstić information content (AvgIpc) is 3.75. The zero-order valence-corrected chi connectivity index (χ0v) is 25.6. The lowest BCUT2D eigenvalue weighted by atomic mass is 9.68. The van der Waals surface area contributed by atoms with Crippen LogP contribution >= 0.6 is 23.1 Å². The van der Waals surface area contributed by atoms with Crippen molar-refractivity contribution < 1.29 is 23.5 Å². The van der Waals surface area contributed by atoms with Gasteiger partial charge in [0.15, 0.2) is 11.5 Å². The summed E-state index contributed by atoms with van der Waals surface area (Å²) in [6.45, 7) is 2.45. The van der Waals surface area contributed by atoms with Crippen LogP contribution in [0.25, 0.3) is 0 Å². The number of ether oxygens (including phenoxy) is 2. The molecule has 2 aliphatic carbocycles. The van der Waals surface area contributed by atoms with E-state index in [9.17, 15) is 18.8 Å². The van der Waals surface area contributed by atoms with E-state index < -0.39 is 17.7 Å². The van der Waals surface area contributed by atoms with Crippen LogP contribution in [0.1, 0.15) is 33.9 Å². The number of hydrogen-bond donors (Lipinski definition) is 1. The van der Waals surface area contributed by atoms with Crippen molar-refractivity contribution in [3.8, 4) is 11.5 Å². The molecule has 0 radical (unpaired) electrons. The minimum absolute atomic E-state index is 0.000202. The number of benzene rings is 3. The number of nitrogens with one attached hydrogen (secondary N) is 1. The Morgan fingerprint density at radius 2 is 1.73 bits per heavy atom. The lowest BCUT2D eigenvalue weighted by Gasteiger charge is -2.43. The van der Waals surface area contributed by atoms with Crippen molar-refractivity contribution in [2.24, 2.45) is 29.6 Å². The number of hydrogen-bond acceptors (Lipinski definition) is 7. The van der Waals surface area contributed by atoms with E-state index in [-0.39, 0.29) is 45.6 Å². The fourth-order valence-electron chi connectivity index (χ4n) is 8.19. The Labute approximate surface area is 261 Å². The van der Waals surface area contributed by atoms with Gasteiger partial charge in [0, 0.05) is 16.0 Å². The number of halogens is 1. The van der Waals surface area contributed by atoms with Gasteiger partial charge in [-0.25, -0.2) is 4.39 Å². The van der Waals surface area contributed by atoms with Crippen LogP contribution in [-0.2, 0) is 16.2 Å². The summed E-state index contributed by atoms with van der Waals surface area (Å²) < 4.78 is 25.6. The summed E-state index contributed by atoms with van der Waals surface area (Å²) in [4.78, 5) is 45.5. The highest BCUT2D eigenvalue weighted by Gasteiger charge is 2.69. The van der Waals surface area contributed by atoms with Crippen LogP contribution in [-0.4, -0.2) is 29.2 Å². The second kappa shape index (κ2) is 10.3. The number of thioether (sulfide) groups is 1. The number of H-pyrrole nitrogens is 1. The summed E-state index contributed by atoms with van der Waals surface area (Å²) >= 11 is 2.87. The Kier molecular flexibility index (Phi) is 6.50. The largest absolute Gasteiger partial charge is 0.493 e. The van der Waals surface area contributed by atoms with Crippen LogP contribution in [0.5, 0.6) is 11.5 Å². The average molecular weight is 629 g/mol. The van der Waals surface area contributed by atoms with Crippen molar-refractivity contribution in [3.05, 3.63) is 104 Å². The smallest absolute Gasteiger partial charge is 0.305 e. The number of carbonyl (C=O) groups excluding carboxylic acids is 2. The van der Waals surface area contributed by atoms with E-state index in [0.717, 1.165) is 33.0 Å². The molecule has 2 saturated carbocycles. The molecule has 4 aliphatic rings. The molecule has 10 heteroatoms. The third-order valence-corrected chi connectivity index (χ3v) is 12.4. The van der Waals surface area contributed by atoms with Gasteiger partial charge in [-0.3, -0.25) is 19.3 Å². The molecule has 44 heavy (non-hydrogen) atoms. The van der Waals surface area contributed by atoms with Crippen molar-refractivity contribution in [3.63, 3.8) is 0 Å². The highest BCUT2D eigenvalue weighted by Crippen LogP contribution is 2.68. The lowest BCUT2D eigenvalue weighted by Crippen LogP contribution is -2.42. The maximum Gasteiger partial charge on any atom is 0.305 e. The molecule has 2 bridgehead atoms. The zero-order chi connectivity index (χ0) is 30.3. The minimum Gasteiger partial charge on any atom is -0.493 e. The molecule has 8 rings (SSSR count). The van der Waals surface area contributed by atoms with E-state index in [1.165, 1.54) is 40.5 Å². The predicted molar refractivity (Wildman–Crippen MR) is 166 cm³/mol. The molecular formula is C34H29FN2O5S2. The van der Waals surface area contributed by atoms with Gasteiger partial charge in [0.05, 0.1) is 29.7 Å². The fraction of sp³-hybridized carbons (Fsp3) is 0.324. The van der Waals surface area contributed by atoms with Crippen molar-refractivity contribution in [1.29, 1.82) is 0 Å². The Bertz CT molecular complexity index is 1870. The van der Waals surface area contributed by atoms with Crippen LogP contribution in [0.15, 0.2) is 76.6 Å². The number of imide groups is 1. The minimum atomic E-state index is -0.432. The number of methoxy groups -OCH3 is 1. The van der Waals surface area contributed by atoms with Crippen molar-refractivity contribution >= 4 is 40.6 Å². The van der Waals surface area contributed by atoms with Crippen molar-refractivity contribution in [1.82, 2.24) is 4.98 Å². The second-order valence-electron chi connectivity index (χ2n) is 12.1. The Balaban J connectivity index is 1.15. The van der Waals surface area contributed by atoms with Gasteiger partial charge < -0.3 is 14.5 Å². The molecule has 2 amide bonds. The number of aromatic amines is 1. The third-order valence-electron chi connectivity index (χ3n) is 9.83. The quantitative estimate of drug-likeness (QED) is 0.258. The van der Waals surface area contributed by atoms with Crippen LogP contribution in [0.4, 0.5) is 10.1 Å². The fourth-order valence-corrected chi connectivity index (χ4v) is 11.1. The van der Waals surface area contributed by atoms with E-state index in [1.54, 1.807) is 18.9 Å². The topological polar surface area (TPSA) is 88.7 Å². The first kappa shape index (κ1) is 27.6. The van der Waals surface area contributed by atoms with Crippen LogP contribution < -0.4 is 19.2 Å². The number of thiazole rings is 1. The SMILES string of the molecule is COc1cc([C@@H]2c3sc(=O)[nH]c3S[C@@H]3[C@@H]4C[C@@H]([C@@H]5C(=O)N(c6ccc(F)cc6)C(=O)[C@@H]45)[C@@H]23)ccc1OCc1cccc(C)c1. The van der Waals surface area contributed by atoms with Gasteiger partial charge in [-0.1, -0.05) is 47.2 Å². The van der Waals surface area contributed by atoms with Crippen LogP contribution in [0.2, 0.25) is 0 Å². The molecular weight excluding hydrogens is 600 g/mol. The van der Waals surface area contributed by atoms with Crippen molar-refractivity contribution in [2.75, 3.05) is 12.0 Å². The molecule has 7 atom stereocenters. The zero-order valence-electron chi connectivity index (χ0n) is 24.0. The van der Waals surface area contributed by atoms with Gasteiger partial charge in [-0.05, 0) is 78.6 Å². The first-order chi connectivity index (χ1) is 21.3. The van der Waals surface area contributed by atoms with Crippen LogP contribution in [0.3, 0.4) is 0 Å². The Hall–Kier alpha value is -3.89. The normalized spacial score (nSPS) is 28.2. The molecule has 0 spiro atoms. The summed E-state index contributed by atoms with van der Waals surface area (Å²) in [7, 11) is 1.62. The third kappa shape index (κ3) is 4.18. The number of anilines is 1. The molecule has 3 fully saturated rings. The molecule has 3 aromatic carbocycles. The lowest BCUT2D eigenvalue weighted by molar-refractivity contribution is -0.123. The van der Waals surface area contributed by atoms with Gasteiger partial charge in [0.1, 0.15) is 12.4 Å². The number of aromatic nitrogens is 1. The number of carbonyl (C=O) groups is 2. The standard InChI is InChI=1S/C34H29FN2O5S2/c1-16-4-3-5-17(12-16)15-42-23-11-6-18(13-24(23)41-2)25-26-21-14-22(29(26)43-31-30(25)44-34(40)36-31)28-27(21)32(38)37(33(28)39)20-9-7-19(35)8-10-20/h3-13,21-22,25-29H,14-15H2,1-2H3,(H,36,40)/t21-,22-,25+,26+,27+,28+,29-/m1/s1. The maximum atomic E-state index is 13.9. The Morgan fingerprint density at radius 3 is 2.48 bits per heavy atom. The molecule has 1 N–H and O–H groups in total. The molecule has 0 unspecified atom stereocenters. The summed E-state index contributed by atoms with van der Waals surface area (Å²) in [6, 6.07) is 19.7. The van der Waals surface area contributed by atoms with E-state index in [0.29, 0.717) is 23.8 Å². The second-order valence-corrected chi connectivity index (χ2v) is 14.3. The summed E-state index contributed by atoms with van der Waals surface area (Å²) in [5, 5.41) is 0.915. The predicted octanol–water partition coefficient (Wildman–Crippen LogP) is 6.15. The maximum absolute atomic E-state index is 13.9. The monoisotopic (exact) mass is 628 g/mol. The number of rotatable bonds is 6. The van der Waals surface area contributed by atoms with Gasteiger partial charge in [-0.15, -0.1) is 11.8 Å². The van der Waals surface area contributed by atoms with Gasteiger partial charge in [0.2, 0.25) is 11.8 Å². The summed E-state index contributed by atoms with van der Waals surface area (Å²) in [5.74, 6) is -0.543. The van der Waals surface area contributed by atoms with Crippen molar-refractivity contribution in [2.45, 2.75) is 36.1 Å². The van der Waals surface area contributed by atoms with Gasteiger partial charge in [-0.2, -0.15) is 0 Å². The van der Waals surface area contributed by atoms with Gasteiger partial charge in [0.25, 0.3) is 0 Å². The number of nitrogens with zero attached hydrogens (tertiary/aromatic N) is 1. The molecule has 7 nitrogen and oxygen atoms in total. The highest BCUT2D eigenvalue weighted by atomic mass is 32.2. The molecule has 1 saturated heterocycles.